The zero-order valence-corrected chi connectivity index (χ0v) is 20.9. The molecule has 1 unspecified atom stereocenters. The fourth-order valence-electron chi connectivity index (χ4n) is 3.16. The SMILES string of the molecule is CCCCCCCCCCCCCCCCCC(OCC)OS(=O)(=O)[O-].[Na+]. The molecule has 0 rings (SSSR count). The average molecular weight is 417 g/mol. The van der Waals surface area contributed by atoms with E-state index in [0.29, 0.717) is 13.0 Å². The molecule has 0 bridgehead atoms. The Balaban J connectivity index is 0. The largest absolute Gasteiger partial charge is 1.00 e. The summed E-state index contributed by atoms with van der Waals surface area (Å²) in [6, 6.07) is 0. The van der Waals surface area contributed by atoms with Crippen LogP contribution in [-0.4, -0.2) is 25.9 Å². The van der Waals surface area contributed by atoms with E-state index in [1.807, 2.05) is 0 Å². The second-order valence-electron chi connectivity index (χ2n) is 7.13. The summed E-state index contributed by atoms with van der Waals surface area (Å²) >= 11 is 0. The van der Waals surface area contributed by atoms with Crippen molar-refractivity contribution >= 4 is 10.4 Å². The summed E-state index contributed by atoms with van der Waals surface area (Å²) in [7, 11) is -4.69. The van der Waals surface area contributed by atoms with Crippen LogP contribution in [0.15, 0.2) is 0 Å². The van der Waals surface area contributed by atoms with Gasteiger partial charge in [0.2, 0.25) is 10.4 Å². The molecule has 0 saturated heterocycles. The fraction of sp³-hybridized carbons (Fsp3) is 1.00. The first-order valence-corrected chi connectivity index (χ1v) is 12.1. The van der Waals surface area contributed by atoms with Gasteiger partial charge in [-0.2, -0.15) is 0 Å². The van der Waals surface area contributed by atoms with Gasteiger partial charge in [0, 0.05) is 6.61 Å². The van der Waals surface area contributed by atoms with Gasteiger partial charge in [-0.25, -0.2) is 12.6 Å². The van der Waals surface area contributed by atoms with E-state index in [0.717, 1.165) is 19.3 Å². The Morgan fingerprint density at radius 1 is 0.704 bits per heavy atom. The third-order valence-corrected chi connectivity index (χ3v) is 5.07. The van der Waals surface area contributed by atoms with E-state index in [1.54, 1.807) is 6.92 Å². The molecule has 0 amide bonds. The summed E-state index contributed by atoms with van der Waals surface area (Å²) < 4.78 is 41.4. The maximum atomic E-state index is 10.6. The molecule has 0 radical (unpaired) electrons. The third kappa shape index (κ3) is 24.8. The second kappa shape index (κ2) is 21.5. The zero-order chi connectivity index (χ0) is 19.5. The van der Waals surface area contributed by atoms with Crippen LogP contribution < -0.4 is 29.6 Å². The van der Waals surface area contributed by atoms with Crippen molar-refractivity contribution in [3.8, 4) is 0 Å². The standard InChI is InChI=1S/C20H42O5S.Na/c1-3-5-6-7-8-9-10-11-12-13-14-15-16-17-18-19-20(24-4-2)25-26(21,22)23;/h20H,3-19H2,1-2H3,(H,21,22,23);/q;+1/p-1. The van der Waals surface area contributed by atoms with Crippen LogP contribution in [0.2, 0.25) is 0 Å². The molecule has 0 aromatic rings. The van der Waals surface area contributed by atoms with E-state index in [4.69, 9.17) is 4.74 Å². The Morgan fingerprint density at radius 3 is 1.41 bits per heavy atom. The normalized spacial score (nSPS) is 12.7. The van der Waals surface area contributed by atoms with Crippen molar-refractivity contribution in [2.45, 2.75) is 123 Å². The first kappa shape index (κ1) is 30.0. The molecular formula is C20H41NaO5S. The van der Waals surface area contributed by atoms with E-state index in [9.17, 15) is 13.0 Å². The summed E-state index contributed by atoms with van der Waals surface area (Å²) in [5, 5.41) is 0. The van der Waals surface area contributed by atoms with Gasteiger partial charge in [0.25, 0.3) is 0 Å². The van der Waals surface area contributed by atoms with Crippen LogP contribution >= 0.6 is 0 Å². The predicted molar refractivity (Wildman–Crippen MR) is 106 cm³/mol. The molecule has 0 aliphatic heterocycles. The van der Waals surface area contributed by atoms with Crippen LogP contribution in [0.3, 0.4) is 0 Å². The first-order chi connectivity index (χ1) is 12.5. The molecule has 0 aromatic carbocycles. The van der Waals surface area contributed by atoms with Crippen molar-refractivity contribution in [2.75, 3.05) is 6.61 Å². The Labute approximate surface area is 190 Å². The predicted octanol–water partition coefficient (Wildman–Crippen LogP) is 3.09. The molecule has 0 fully saturated rings. The molecule has 0 aliphatic rings. The number of ether oxygens (including phenoxy) is 1. The Kier molecular flexibility index (Phi) is 24.0. The van der Waals surface area contributed by atoms with Crippen LogP contribution in [0.5, 0.6) is 0 Å². The third-order valence-electron chi connectivity index (χ3n) is 4.62. The number of hydrogen-bond acceptors (Lipinski definition) is 5. The van der Waals surface area contributed by atoms with Gasteiger partial charge < -0.3 is 9.29 Å². The van der Waals surface area contributed by atoms with E-state index in [-0.39, 0.29) is 29.6 Å². The molecular weight excluding hydrogens is 375 g/mol. The maximum absolute atomic E-state index is 10.6. The maximum Gasteiger partial charge on any atom is 1.00 e. The van der Waals surface area contributed by atoms with E-state index in [2.05, 4.69) is 11.1 Å². The molecule has 5 nitrogen and oxygen atoms in total. The van der Waals surface area contributed by atoms with Gasteiger partial charge in [-0.05, 0) is 19.8 Å². The smallest absolute Gasteiger partial charge is 0.725 e. The molecule has 1 atom stereocenters. The summed E-state index contributed by atoms with van der Waals surface area (Å²) in [5.41, 5.74) is 0. The summed E-state index contributed by atoms with van der Waals surface area (Å²) in [6.07, 6.45) is 18.7. The van der Waals surface area contributed by atoms with E-state index in [1.165, 1.54) is 77.0 Å². The Morgan fingerprint density at radius 2 is 1.07 bits per heavy atom. The second-order valence-corrected chi connectivity index (χ2v) is 8.14. The van der Waals surface area contributed by atoms with Gasteiger partial charge in [0.05, 0.1) is 0 Å². The van der Waals surface area contributed by atoms with Crippen molar-refractivity contribution in [2.24, 2.45) is 0 Å². The van der Waals surface area contributed by atoms with E-state index >= 15 is 0 Å². The number of hydrogen-bond donors (Lipinski definition) is 0. The average Bonchev–Trinajstić information content (AvgIpc) is 2.57. The molecule has 0 aromatic heterocycles. The Hall–Kier alpha value is 0.830. The van der Waals surface area contributed by atoms with Gasteiger partial charge in [-0.1, -0.05) is 96.8 Å². The minimum absolute atomic E-state index is 0. The molecule has 0 aliphatic carbocycles. The fourth-order valence-corrected chi connectivity index (χ4v) is 3.57. The van der Waals surface area contributed by atoms with E-state index < -0.39 is 16.7 Å². The summed E-state index contributed by atoms with van der Waals surface area (Å²) in [6.45, 7) is 4.34. The quantitative estimate of drug-likeness (QED) is 0.100. The number of rotatable bonds is 20. The molecule has 0 heterocycles. The molecule has 158 valence electrons. The molecule has 0 spiro atoms. The molecule has 27 heavy (non-hydrogen) atoms. The van der Waals surface area contributed by atoms with Crippen molar-refractivity contribution < 1.29 is 51.4 Å². The first-order valence-electron chi connectivity index (χ1n) is 10.7. The monoisotopic (exact) mass is 416 g/mol. The van der Waals surface area contributed by atoms with Crippen molar-refractivity contribution in [3.05, 3.63) is 0 Å². The number of unbranched alkanes of at least 4 members (excludes halogenated alkanes) is 14. The minimum atomic E-state index is -4.69. The van der Waals surface area contributed by atoms with Crippen molar-refractivity contribution in [1.29, 1.82) is 0 Å². The van der Waals surface area contributed by atoms with Crippen LogP contribution in [0, 0.1) is 0 Å². The molecule has 7 heteroatoms. The van der Waals surface area contributed by atoms with Gasteiger partial charge in [0.15, 0.2) is 6.29 Å². The Bertz CT molecular complexity index is 390. The van der Waals surface area contributed by atoms with Crippen LogP contribution in [-0.2, 0) is 19.3 Å². The summed E-state index contributed by atoms with van der Waals surface area (Å²) in [5.74, 6) is 0. The van der Waals surface area contributed by atoms with Crippen LogP contribution in [0.25, 0.3) is 0 Å². The van der Waals surface area contributed by atoms with Crippen LogP contribution in [0.4, 0.5) is 0 Å². The van der Waals surface area contributed by atoms with Gasteiger partial charge in [0.1, 0.15) is 0 Å². The topological polar surface area (TPSA) is 75.7 Å². The minimum Gasteiger partial charge on any atom is -0.725 e. The van der Waals surface area contributed by atoms with Crippen molar-refractivity contribution in [1.82, 2.24) is 0 Å². The summed E-state index contributed by atoms with van der Waals surface area (Å²) in [4.78, 5) is 0. The van der Waals surface area contributed by atoms with Gasteiger partial charge in [-0.15, -0.1) is 0 Å². The van der Waals surface area contributed by atoms with Gasteiger partial charge in [-0.3, -0.25) is 0 Å². The van der Waals surface area contributed by atoms with Crippen molar-refractivity contribution in [3.63, 3.8) is 0 Å². The molecule has 0 saturated carbocycles. The van der Waals surface area contributed by atoms with Gasteiger partial charge >= 0.3 is 29.6 Å². The van der Waals surface area contributed by atoms with Crippen LogP contribution in [0.1, 0.15) is 117 Å². The zero-order valence-electron chi connectivity index (χ0n) is 18.0. The molecule has 0 N–H and O–H groups in total.